The van der Waals surface area contributed by atoms with Crippen LogP contribution in [0.2, 0.25) is 0 Å². The smallest absolute Gasteiger partial charge is 0.313 e. The van der Waals surface area contributed by atoms with Crippen LogP contribution in [0.3, 0.4) is 0 Å². The minimum atomic E-state index is -0.943. The molecule has 0 aliphatic carbocycles. The van der Waals surface area contributed by atoms with Crippen molar-refractivity contribution in [1.82, 2.24) is 19.3 Å². The fourth-order valence-electron chi connectivity index (χ4n) is 1.99. The number of aromatic nitrogens is 4. The van der Waals surface area contributed by atoms with Crippen LogP contribution in [0.15, 0.2) is 5.16 Å². The number of carbonyl (C=O) groups excluding carboxylic acids is 1. The number of hydrogen-bond acceptors (Lipinski definition) is 5. The number of aliphatic carboxylic acids is 1. The summed E-state index contributed by atoms with van der Waals surface area (Å²) in [6.07, 6.45) is 0.702. The molecule has 0 aliphatic rings. The fraction of sp³-hybridized carbons (Fsp3) is 0.455. The molecular weight excluding hydrogens is 282 g/mol. The fourth-order valence-corrected chi connectivity index (χ4v) is 2.71. The Balaban J connectivity index is 2.54. The zero-order valence-electron chi connectivity index (χ0n) is 11.2. The molecule has 2 aromatic rings. The van der Waals surface area contributed by atoms with Gasteiger partial charge in [-0.25, -0.2) is 4.98 Å². The van der Waals surface area contributed by atoms with Gasteiger partial charge < -0.3 is 10.8 Å². The number of aryl methyl sites for hydroxylation is 2. The van der Waals surface area contributed by atoms with Gasteiger partial charge in [0.2, 0.25) is 5.91 Å². The Morgan fingerprint density at radius 3 is 2.70 bits per heavy atom. The number of nitrogens with zero attached hydrogens (tertiary/aromatic N) is 4. The van der Waals surface area contributed by atoms with Gasteiger partial charge in [0, 0.05) is 7.05 Å². The van der Waals surface area contributed by atoms with Gasteiger partial charge in [-0.15, -0.1) is 0 Å². The zero-order valence-corrected chi connectivity index (χ0v) is 12.0. The van der Waals surface area contributed by atoms with Gasteiger partial charge >= 0.3 is 5.97 Å². The first-order valence-electron chi connectivity index (χ1n) is 5.99. The van der Waals surface area contributed by atoms with E-state index < -0.39 is 11.9 Å². The Hall–Kier alpha value is -2.03. The molecule has 0 bridgehead atoms. The van der Waals surface area contributed by atoms with E-state index in [2.05, 4.69) is 10.1 Å². The largest absolute Gasteiger partial charge is 0.481 e. The van der Waals surface area contributed by atoms with Crippen molar-refractivity contribution in [3.05, 3.63) is 5.69 Å². The van der Waals surface area contributed by atoms with E-state index in [1.54, 1.807) is 16.3 Å². The standard InChI is InChI=1S/C11H15N5O3S/c1-3-6-9-10(15(2)14-6)16(4-7(12)17)11(13-9)20-5-8(18)19/h3-5H2,1-2H3,(H2,12,17)(H,18,19). The molecule has 2 heterocycles. The minimum absolute atomic E-state index is 0.0544. The van der Waals surface area contributed by atoms with Crippen LogP contribution in [-0.2, 0) is 29.6 Å². The Morgan fingerprint density at radius 2 is 2.15 bits per heavy atom. The summed E-state index contributed by atoms with van der Waals surface area (Å²) >= 11 is 1.06. The number of fused-ring (bicyclic) bond motifs is 1. The summed E-state index contributed by atoms with van der Waals surface area (Å²) < 4.78 is 3.24. The van der Waals surface area contributed by atoms with Crippen molar-refractivity contribution in [3.8, 4) is 0 Å². The third-order valence-electron chi connectivity index (χ3n) is 2.73. The number of thioether (sulfide) groups is 1. The molecule has 0 aromatic carbocycles. The molecule has 0 saturated carbocycles. The normalized spacial score (nSPS) is 11.1. The second kappa shape index (κ2) is 5.53. The van der Waals surface area contributed by atoms with E-state index >= 15 is 0 Å². The molecule has 0 radical (unpaired) electrons. The molecular formula is C11H15N5O3S. The molecule has 3 N–H and O–H groups in total. The minimum Gasteiger partial charge on any atom is -0.481 e. The SMILES string of the molecule is CCc1nn(C)c2c1nc(SCC(=O)O)n2CC(N)=O. The van der Waals surface area contributed by atoms with Crippen LogP contribution in [-0.4, -0.2) is 42.1 Å². The highest BCUT2D eigenvalue weighted by atomic mass is 32.2. The molecule has 0 unspecified atom stereocenters. The monoisotopic (exact) mass is 297 g/mol. The van der Waals surface area contributed by atoms with Crippen LogP contribution in [0, 0.1) is 0 Å². The predicted molar refractivity (Wildman–Crippen MR) is 73.4 cm³/mol. The lowest BCUT2D eigenvalue weighted by atomic mass is 10.3. The molecule has 0 aliphatic heterocycles. The molecule has 0 fully saturated rings. The lowest BCUT2D eigenvalue weighted by Crippen LogP contribution is -2.20. The number of nitrogens with two attached hydrogens (primary N) is 1. The molecule has 0 atom stereocenters. The Kier molecular flexibility index (Phi) is 3.98. The first-order chi connectivity index (χ1) is 9.43. The van der Waals surface area contributed by atoms with Crippen LogP contribution in [0.4, 0.5) is 0 Å². The molecule has 1 amide bonds. The average Bonchev–Trinajstić information content (AvgIpc) is 2.85. The first kappa shape index (κ1) is 14.4. The maximum absolute atomic E-state index is 11.2. The third kappa shape index (κ3) is 2.62. The summed E-state index contributed by atoms with van der Waals surface area (Å²) in [6, 6.07) is 0. The second-order valence-electron chi connectivity index (χ2n) is 4.23. The maximum atomic E-state index is 11.2. The number of primary amides is 1. The Bertz CT molecular complexity index is 675. The van der Waals surface area contributed by atoms with Gasteiger partial charge in [0.25, 0.3) is 0 Å². The van der Waals surface area contributed by atoms with Gasteiger partial charge in [-0.05, 0) is 6.42 Å². The highest BCUT2D eigenvalue weighted by molar-refractivity contribution is 7.99. The molecule has 2 aromatic heterocycles. The quantitative estimate of drug-likeness (QED) is 0.725. The number of carboxylic acids is 1. The second-order valence-corrected chi connectivity index (χ2v) is 5.17. The molecule has 0 spiro atoms. The summed E-state index contributed by atoms with van der Waals surface area (Å²) in [6.45, 7) is 1.90. The van der Waals surface area contributed by atoms with E-state index in [1.165, 1.54) is 0 Å². The first-order valence-corrected chi connectivity index (χ1v) is 6.97. The number of amides is 1. The lowest BCUT2D eigenvalue weighted by Gasteiger charge is -2.05. The molecule has 20 heavy (non-hydrogen) atoms. The van der Waals surface area contributed by atoms with Crippen molar-refractivity contribution < 1.29 is 14.7 Å². The van der Waals surface area contributed by atoms with Gasteiger partial charge in [-0.1, -0.05) is 18.7 Å². The van der Waals surface area contributed by atoms with Gasteiger partial charge in [0.05, 0.1) is 11.4 Å². The zero-order chi connectivity index (χ0) is 14.9. The van der Waals surface area contributed by atoms with Gasteiger partial charge in [0.15, 0.2) is 10.8 Å². The lowest BCUT2D eigenvalue weighted by molar-refractivity contribution is -0.133. The molecule has 2 rings (SSSR count). The van der Waals surface area contributed by atoms with Gasteiger partial charge in [-0.3, -0.25) is 18.8 Å². The van der Waals surface area contributed by atoms with Gasteiger partial charge in [-0.2, -0.15) is 5.10 Å². The van der Waals surface area contributed by atoms with Crippen molar-refractivity contribution in [1.29, 1.82) is 0 Å². The van der Waals surface area contributed by atoms with Crippen LogP contribution in [0.25, 0.3) is 11.2 Å². The van der Waals surface area contributed by atoms with Crippen molar-refractivity contribution in [2.45, 2.75) is 25.0 Å². The summed E-state index contributed by atoms with van der Waals surface area (Å²) in [7, 11) is 1.76. The van der Waals surface area contributed by atoms with Gasteiger partial charge in [0.1, 0.15) is 12.1 Å². The third-order valence-corrected chi connectivity index (χ3v) is 3.69. The van der Waals surface area contributed by atoms with Crippen LogP contribution in [0.5, 0.6) is 0 Å². The number of carbonyl (C=O) groups is 2. The van der Waals surface area contributed by atoms with Crippen molar-refractivity contribution in [2.75, 3.05) is 5.75 Å². The highest BCUT2D eigenvalue weighted by Gasteiger charge is 2.20. The summed E-state index contributed by atoms with van der Waals surface area (Å²) in [5.41, 5.74) is 7.41. The number of imidazole rings is 1. The number of hydrogen-bond donors (Lipinski definition) is 2. The summed E-state index contributed by atoms with van der Waals surface area (Å²) in [5.74, 6) is -1.58. The maximum Gasteiger partial charge on any atom is 0.313 e. The van der Waals surface area contributed by atoms with E-state index in [1.807, 2.05) is 6.92 Å². The number of rotatable bonds is 6. The van der Waals surface area contributed by atoms with Crippen LogP contribution >= 0.6 is 11.8 Å². The Morgan fingerprint density at radius 1 is 1.45 bits per heavy atom. The van der Waals surface area contributed by atoms with E-state index in [-0.39, 0.29) is 12.3 Å². The van der Waals surface area contributed by atoms with Crippen molar-refractivity contribution in [3.63, 3.8) is 0 Å². The van der Waals surface area contributed by atoms with Crippen molar-refractivity contribution in [2.24, 2.45) is 12.8 Å². The van der Waals surface area contributed by atoms with Crippen molar-refractivity contribution >= 4 is 34.8 Å². The highest BCUT2D eigenvalue weighted by Crippen LogP contribution is 2.26. The topological polar surface area (TPSA) is 116 Å². The van der Waals surface area contributed by atoms with Crippen LogP contribution in [0.1, 0.15) is 12.6 Å². The van der Waals surface area contributed by atoms with E-state index in [9.17, 15) is 9.59 Å². The molecule has 8 nitrogen and oxygen atoms in total. The van der Waals surface area contributed by atoms with E-state index in [0.717, 1.165) is 17.5 Å². The summed E-state index contributed by atoms with van der Waals surface area (Å²) in [4.78, 5) is 26.3. The number of carboxylic acid groups (broad SMARTS) is 1. The predicted octanol–water partition coefficient (Wildman–Crippen LogP) is -0.00580. The summed E-state index contributed by atoms with van der Waals surface area (Å²) in [5, 5.41) is 13.6. The Labute approximate surface area is 118 Å². The molecule has 9 heteroatoms. The molecule has 0 saturated heterocycles. The van der Waals surface area contributed by atoms with Crippen LogP contribution < -0.4 is 5.73 Å². The average molecular weight is 297 g/mol. The molecule has 108 valence electrons. The van der Waals surface area contributed by atoms with E-state index in [0.29, 0.717) is 22.7 Å². The van der Waals surface area contributed by atoms with E-state index in [4.69, 9.17) is 10.8 Å².